The summed E-state index contributed by atoms with van der Waals surface area (Å²) in [4.78, 5) is 12.0. The van der Waals surface area contributed by atoms with Gasteiger partial charge in [-0.3, -0.25) is 0 Å². The van der Waals surface area contributed by atoms with Gasteiger partial charge in [-0.2, -0.15) is 20.1 Å². The van der Waals surface area contributed by atoms with Gasteiger partial charge in [0.25, 0.3) is 5.95 Å². The van der Waals surface area contributed by atoms with Gasteiger partial charge < -0.3 is 11.1 Å². The summed E-state index contributed by atoms with van der Waals surface area (Å²) in [5.41, 5.74) is 5.76. The fourth-order valence-corrected chi connectivity index (χ4v) is 1.81. The van der Waals surface area contributed by atoms with Gasteiger partial charge in [-0.1, -0.05) is 11.6 Å². The normalized spacial score (nSPS) is 10.6. The molecule has 0 bridgehead atoms. The highest BCUT2D eigenvalue weighted by atomic mass is 35.5. The molecule has 0 atom stereocenters. The molecule has 0 fully saturated rings. The molecule has 0 spiro atoms. The second-order valence-electron chi connectivity index (χ2n) is 4.02. The van der Waals surface area contributed by atoms with Crippen LogP contribution in [0.5, 0.6) is 0 Å². The van der Waals surface area contributed by atoms with Crippen LogP contribution in [0.2, 0.25) is 5.02 Å². The number of rotatable bonds is 3. The third-order valence-electron chi connectivity index (χ3n) is 2.53. The van der Waals surface area contributed by atoms with Crippen molar-refractivity contribution in [3.63, 3.8) is 0 Å². The van der Waals surface area contributed by atoms with E-state index in [2.05, 4.69) is 25.4 Å². The minimum Gasteiger partial charge on any atom is -0.368 e. The number of halogens is 2. The van der Waals surface area contributed by atoms with E-state index in [0.717, 1.165) is 0 Å². The monoisotopic (exact) mass is 305 g/mol. The summed E-state index contributed by atoms with van der Waals surface area (Å²) in [6.07, 6.45) is 3.22. The molecular weight excluding hydrogens is 297 g/mol. The van der Waals surface area contributed by atoms with Crippen LogP contribution in [-0.2, 0) is 0 Å². The van der Waals surface area contributed by atoms with Crippen molar-refractivity contribution in [1.82, 2.24) is 24.7 Å². The van der Waals surface area contributed by atoms with Crippen LogP contribution in [0, 0.1) is 5.82 Å². The molecule has 9 heteroatoms. The van der Waals surface area contributed by atoms with Crippen LogP contribution in [0.1, 0.15) is 0 Å². The van der Waals surface area contributed by atoms with E-state index in [9.17, 15) is 4.39 Å². The van der Waals surface area contributed by atoms with Crippen LogP contribution in [0.3, 0.4) is 0 Å². The molecule has 0 saturated heterocycles. The first kappa shape index (κ1) is 13.3. The Morgan fingerprint density at radius 2 is 2.10 bits per heavy atom. The average Bonchev–Trinajstić information content (AvgIpc) is 2.96. The van der Waals surface area contributed by atoms with Crippen molar-refractivity contribution >= 4 is 29.2 Å². The number of hydrogen-bond donors (Lipinski definition) is 2. The molecule has 106 valence electrons. The molecule has 0 aliphatic carbocycles. The molecular formula is C12H9ClFN7. The summed E-state index contributed by atoms with van der Waals surface area (Å²) in [6, 6.07) is 5.82. The minimum atomic E-state index is -0.487. The third kappa shape index (κ3) is 2.90. The predicted molar refractivity (Wildman–Crippen MR) is 76.1 cm³/mol. The summed E-state index contributed by atoms with van der Waals surface area (Å²) in [5, 5.41) is 7.09. The van der Waals surface area contributed by atoms with Gasteiger partial charge in [0.2, 0.25) is 11.9 Å². The zero-order valence-corrected chi connectivity index (χ0v) is 11.3. The second-order valence-corrected chi connectivity index (χ2v) is 4.45. The van der Waals surface area contributed by atoms with E-state index in [4.69, 9.17) is 17.3 Å². The van der Waals surface area contributed by atoms with Crippen molar-refractivity contribution in [3.8, 4) is 5.95 Å². The number of nitrogens with zero attached hydrogens (tertiary/aromatic N) is 5. The van der Waals surface area contributed by atoms with Crippen LogP contribution in [0.25, 0.3) is 5.95 Å². The van der Waals surface area contributed by atoms with Gasteiger partial charge in [-0.15, -0.1) is 0 Å². The van der Waals surface area contributed by atoms with Crippen LogP contribution in [0.4, 0.5) is 22.0 Å². The van der Waals surface area contributed by atoms with E-state index >= 15 is 0 Å². The molecule has 0 aliphatic rings. The van der Waals surface area contributed by atoms with Gasteiger partial charge in [0, 0.05) is 17.4 Å². The van der Waals surface area contributed by atoms with Gasteiger partial charge in [-0.05, 0) is 24.3 Å². The van der Waals surface area contributed by atoms with Crippen molar-refractivity contribution in [2.24, 2.45) is 0 Å². The molecule has 21 heavy (non-hydrogen) atoms. The number of benzene rings is 1. The van der Waals surface area contributed by atoms with Crippen LogP contribution in [0.15, 0.2) is 36.7 Å². The number of nitrogens with one attached hydrogen (secondary N) is 1. The van der Waals surface area contributed by atoms with E-state index < -0.39 is 5.82 Å². The fourth-order valence-electron chi connectivity index (χ4n) is 1.64. The zero-order valence-electron chi connectivity index (χ0n) is 10.5. The first-order chi connectivity index (χ1) is 10.1. The lowest BCUT2D eigenvalue weighted by Crippen LogP contribution is -2.09. The molecule has 0 radical (unpaired) electrons. The first-order valence-electron chi connectivity index (χ1n) is 5.85. The molecule has 1 aromatic carbocycles. The van der Waals surface area contributed by atoms with Gasteiger partial charge in [-0.25, -0.2) is 9.07 Å². The Bertz CT molecular complexity index is 775. The SMILES string of the molecule is Nc1nc(Nc2cc(Cl)ccc2F)nc(-n2cccn2)n1. The van der Waals surface area contributed by atoms with Crippen LogP contribution < -0.4 is 11.1 Å². The van der Waals surface area contributed by atoms with E-state index in [0.29, 0.717) is 5.02 Å². The average molecular weight is 306 g/mol. The van der Waals surface area contributed by atoms with Crippen molar-refractivity contribution in [2.75, 3.05) is 11.1 Å². The highest BCUT2D eigenvalue weighted by Gasteiger charge is 2.09. The molecule has 0 saturated carbocycles. The zero-order chi connectivity index (χ0) is 14.8. The topological polar surface area (TPSA) is 94.5 Å². The van der Waals surface area contributed by atoms with Crippen molar-refractivity contribution in [1.29, 1.82) is 0 Å². The minimum absolute atomic E-state index is 0.0135. The lowest BCUT2D eigenvalue weighted by atomic mass is 10.3. The molecule has 7 nitrogen and oxygen atoms in total. The Kier molecular flexibility index (Phi) is 3.36. The van der Waals surface area contributed by atoms with Crippen LogP contribution >= 0.6 is 11.6 Å². The Hall–Kier alpha value is -2.74. The lowest BCUT2D eigenvalue weighted by molar-refractivity contribution is 0.631. The van der Waals surface area contributed by atoms with Gasteiger partial charge >= 0.3 is 0 Å². The molecule has 0 amide bonds. The Balaban J connectivity index is 1.97. The van der Waals surface area contributed by atoms with Crippen molar-refractivity contribution in [2.45, 2.75) is 0 Å². The summed E-state index contributed by atoms with van der Waals surface area (Å²) >= 11 is 5.83. The maximum atomic E-state index is 13.7. The maximum Gasteiger partial charge on any atom is 0.257 e. The number of hydrogen-bond acceptors (Lipinski definition) is 6. The summed E-state index contributed by atoms with van der Waals surface area (Å²) in [7, 11) is 0. The number of nitrogens with two attached hydrogens (primary N) is 1. The maximum absolute atomic E-state index is 13.7. The van der Waals surface area contributed by atoms with E-state index in [1.54, 1.807) is 18.5 Å². The Morgan fingerprint density at radius 3 is 2.86 bits per heavy atom. The summed E-state index contributed by atoms with van der Waals surface area (Å²) in [6.45, 7) is 0. The first-order valence-corrected chi connectivity index (χ1v) is 6.23. The number of anilines is 3. The Morgan fingerprint density at radius 1 is 1.24 bits per heavy atom. The van der Waals surface area contributed by atoms with E-state index in [1.807, 2.05) is 0 Å². The molecule has 0 unspecified atom stereocenters. The molecule has 3 aromatic rings. The van der Waals surface area contributed by atoms with Gasteiger partial charge in [0.1, 0.15) is 5.82 Å². The van der Waals surface area contributed by atoms with Crippen molar-refractivity contribution < 1.29 is 4.39 Å². The number of nitrogen functional groups attached to an aromatic ring is 1. The van der Waals surface area contributed by atoms with Crippen molar-refractivity contribution in [3.05, 3.63) is 47.5 Å². The molecule has 3 N–H and O–H groups in total. The Labute approximate surface area is 123 Å². The standard InChI is InChI=1S/C12H9ClFN7/c13-7-2-3-8(14)9(6-7)17-11-18-10(15)19-12(20-11)21-5-1-4-16-21/h1-6H,(H3,15,17,18,19,20). The molecule has 2 heterocycles. The van der Waals surface area contributed by atoms with Gasteiger partial charge in [0.05, 0.1) is 5.69 Å². The molecule has 2 aromatic heterocycles. The fraction of sp³-hybridized carbons (Fsp3) is 0. The molecule has 0 aliphatic heterocycles. The second kappa shape index (κ2) is 5.33. The highest BCUT2D eigenvalue weighted by Crippen LogP contribution is 2.22. The molecule has 3 rings (SSSR count). The van der Waals surface area contributed by atoms with E-state index in [-0.39, 0.29) is 23.5 Å². The summed E-state index contributed by atoms with van der Waals surface area (Å²) < 4.78 is 15.1. The smallest absolute Gasteiger partial charge is 0.257 e. The summed E-state index contributed by atoms with van der Waals surface area (Å²) in [5.74, 6) is -0.189. The largest absolute Gasteiger partial charge is 0.368 e. The lowest BCUT2D eigenvalue weighted by Gasteiger charge is -2.08. The van der Waals surface area contributed by atoms with E-state index in [1.165, 1.54) is 22.9 Å². The van der Waals surface area contributed by atoms with Gasteiger partial charge in [0.15, 0.2) is 0 Å². The van der Waals surface area contributed by atoms with Crippen LogP contribution in [-0.4, -0.2) is 24.7 Å². The highest BCUT2D eigenvalue weighted by molar-refractivity contribution is 6.30. The number of aromatic nitrogens is 5. The third-order valence-corrected chi connectivity index (χ3v) is 2.76. The quantitative estimate of drug-likeness (QED) is 0.770. The predicted octanol–water partition coefficient (Wildman–Crippen LogP) is 2.18.